The predicted octanol–water partition coefficient (Wildman–Crippen LogP) is 3.89. The molecule has 0 fully saturated rings. The second-order valence-corrected chi connectivity index (χ2v) is 6.02. The summed E-state index contributed by atoms with van der Waals surface area (Å²) in [4.78, 5) is 14.7. The van der Waals surface area contributed by atoms with Crippen LogP contribution in [0.4, 0.5) is 4.39 Å². The van der Waals surface area contributed by atoms with E-state index in [1.807, 2.05) is 12.1 Å². The number of nitrogens with one attached hydrogen (secondary N) is 1. The Morgan fingerprint density at radius 1 is 1.22 bits per heavy atom. The fourth-order valence-corrected chi connectivity index (χ4v) is 3.01. The van der Waals surface area contributed by atoms with Gasteiger partial charge in [-0.05, 0) is 37.4 Å². The van der Waals surface area contributed by atoms with Gasteiger partial charge in [-0.3, -0.25) is 9.69 Å². The number of aromatic nitrogens is 1. The molecule has 1 amide bonds. The maximum absolute atomic E-state index is 13.9. The first kappa shape index (κ1) is 18.8. The van der Waals surface area contributed by atoms with Crippen LogP contribution >= 0.6 is 0 Å². The number of halogens is 1. The van der Waals surface area contributed by atoms with Crippen molar-refractivity contribution in [1.29, 1.82) is 0 Å². The highest BCUT2D eigenvalue weighted by Gasteiger charge is 2.23. The number of nitrogens with zero attached hydrogens (tertiary/aromatic N) is 2. The minimum atomic E-state index is -0.431. The Morgan fingerprint density at radius 3 is 2.67 bits per heavy atom. The number of likely N-dealkylation sites (N-methyl/N-ethyl adjacent to an activating group) is 1. The molecule has 6 nitrogen and oxygen atoms in total. The van der Waals surface area contributed by atoms with Gasteiger partial charge in [0.05, 0.1) is 17.9 Å². The molecule has 3 rings (SSSR count). The van der Waals surface area contributed by atoms with Crippen LogP contribution in [-0.2, 0) is 0 Å². The molecular formula is C20H22FN3O3. The number of amides is 1. The summed E-state index contributed by atoms with van der Waals surface area (Å²) in [6.07, 6.45) is 1.62. The molecule has 1 N–H and O–H groups in total. The van der Waals surface area contributed by atoms with Crippen LogP contribution in [0, 0.1) is 5.82 Å². The summed E-state index contributed by atoms with van der Waals surface area (Å²) in [6, 6.07) is 11.3. The highest BCUT2D eigenvalue weighted by molar-refractivity contribution is 5.93. The van der Waals surface area contributed by atoms with Gasteiger partial charge < -0.3 is 14.3 Å². The molecule has 0 saturated carbocycles. The maximum atomic E-state index is 13.9. The number of hydrogen-bond acceptors (Lipinski definition) is 5. The van der Waals surface area contributed by atoms with Crippen LogP contribution in [0.3, 0.4) is 0 Å². The summed E-state index contributed by atoms with van der Waals surface area (Å²) < 4.78 is 24.5. The zero-order valence-electron chi connectivity index (χ0n) is 15.3. The van der Waals surface area contributed by atoms with Crippen LogP contribution in [0.25, 0.3) is 11.3 Å². The zero-order valence-corrected chi connectivity index (χ0v) is 15.3. The first-order chi connectivity index (χ1) is 13.1. The molecule has 0 spiro atoms. The second kappa shape index (κ2) is 8.64. The summed E-state index contributed by atoms with van der Waals surface area (Å²) in [6.45, 7) is 6.10. The lowest BCUT2D eigenvalue weighted by Gasteiger charge is -2.28. The lowest BCUT2D eigenvalue weighted by atomic mass is 10.1. The van der Waals surface area contributed by atoms with Crippen molar-refractivity contribution in [2.24, 2.45) is 0 Å². The molecule has 1 atom stereocenters. The smallest absolute Gasteiger partial charge is 0.273 e. The van der Waals surface area contributed by atoms with Gasteiger partial charge in [0.25, 0.3) is 5.91 Å². The van der Waals surface area contributed by atoms with Gasteiger partial charge in [0.1, 0.15) is 11.6 Å². The van der Waals surface area contributed by atoms with Crippen molar-refractivity contribution in [2.45, 2.75) is 19.9 Å². The van der Waals surface area contributed by atoms with E-state index in [1.165, 1.54) is 12.1 Å². The minimum absolute atomic E-state index is 0.0862. The number of carbonyl (C=O) groups excluding carboxylic acids is 1. The normalized spacial score (nSPS) is 12.3. The Hall–Kier alpha value is -2.93. The lowest BCUT2D eigenvalue weighted by Crippen LogP contribution is -2.38. The molecular weight excluding hydrogens is 349 g/mol. The summed E-state index contributed by atoms with van der Waals surface area (Å²) in [5.41, 5.74) is 0.367. The Bertz CT molecular complexity index is 872. The number of rotatable bonds is 8. The van der Waals surface area contributed by atoms with E-state index in [0.29, 0.717) is 6.54 Å². The second-order valence-electron chi connectivity index (χ2n) is 6.02. The summed E-state index contributed by atoms with van der Waals surface area (Å²) >= 11 is 0. The minimum Gasteiger partial charge on any atom is -0.468 e. The largest absolute Gasteiger partial charge is 0.468 e. The number of benzene rings is 1. The Kier molecular flexibility index (Phi) is 6.03. The van der Waals surface area contributed by atoms with Gasteiger partial charge in [0.2, 0.25) is 0 Å². The van der Waals surface area contributed by atoms with Crippen molar-refractivity contribution < 1.29 is 18.1 Å². The molecule has 0 bridgehead atoms. The molecule has 0 radical (unpaired) electrons. The molecule has 0 aliphatic carbocycles. The molecule has 2 aromatic heterocycles. The van der Waals surface area contributed by atoms with Crippen molar-refractivity contribution in [3.63, 3.8) is 0 Å². The van der Waals surface area contributed by atoms with E-state index in [1.54, 1.807) is 24.5 Å². The molecule has 2 heterocycles. The molecule has 0 saturated heterocycles. The van der Waals surface area contributed by atoms with E-state index < -0.39 is 5.82 Å². The lowest BCUT2D eigenvalue weighted by molar-refractivity contribution is 0.0921. The van der Waals surface area contributed by atoms with Crippen LogP contribution in [0.2, 0.25) is 0 Å². The fourth-order valence-electron chi connectivity index (χ4n) is 3.01. The number of hydrogen-bond donors (Lipinski definition) is 1. The van der Waals surface area contributed by atoms with E-state index in [2.05, 4.69) is 29.2 Å². The van der Waals surface area contributed by atoms with E-state index in [-0.39, 0.29) is 29.0 Å². The van der Waals surface area contributed by atoms with Gasteiger partial charge in [0.15, 0.2) is 11.5 Å². The molecule has 3 aromatic rings. The van der Waals surface area contributed by atoms with Crippen LogP contribution in [0.5, 0.6) is 0 Å². The van der Waals surface area contributed by atoms with Crippen molar-refractivity contribution in [2.75, 3.05) is 19.6 Å². The summed E-state index contributed by atoms with van der Waals surface area (Å²) in [5, 5.41) is 6.63. The molecule has 0 aliphatic heterocycles. The number of carbonyl (C=O) groups is 1. The topological polar surface area (TPSA) is 71.5 Å². The van der Waals surface area contributed by atoms with Crippen molar-refractivity contribution in [1.82, 2.24) is 15.4 Å². The van der Waals surface area contributed by atoms with Crippen LogP contribution < -0.4 is 5.32 Å². The highest BCUT2D eigenvalue weighted by atomic mass is 19.1. The Labute approximate surface area is 156 Å². The van der Waals surface area contributed by atoms with Gasteiger partial charge >= 0.3 is 0 Å². The third-order valence-electron chi connectivity index (χ3n) is 4.46. The van der Waals surface area contributed by atoms with E-state index >= 15 is 0 Å². The third-order valence-corrected chi connectivity index (χ3v) is 4.46. The zero-order chi connectivity index (χ0) is 19.2. The first-order valence-corrected chi connectivity index (χ1v) is 8.91. The van der Waals surface area contributed by atoms with Gasteiger partial charge in [-0.25, -0.2) is 4.39 Å². The van der Waals surface area contributed by atoms with Crippen molar-refractivity contribution in [3.05, 3.63) is 66.0 Å². The number of furan rings is 1. The standard InChI is InChI=1S/C20H22FN3O3/c1-3-24(4-2)17(18-10-7-11-26-18)13-22-20(25)16-12-19(27-23-16)14-8-5-6-9-15(14)21/h5-12,17H,3-4,13H2,1-2H3,(H,22,25). The van der Waals surface area contributed by atoms with Crippen LogP contribution in [0.15, 0.2) is 57.7 Å². The van der Waals surface area contributed by atoms with Gasteiger partial charge in [-0.2, -0.15) is 0 Å². The molecule has 1 aromatic carbocycles. The van der Waals surface area contributed by atoms with Gasteiger partial charge in [0, 0.05) is 12.6 Å². The molecule has 142 valence electrons. The average molecular weight is 371 g/mol. The van der Waals surface area contributed by atoms with Crippen molar-refractivity contribution >= 4 is 5.91 Å². The monoisotopic (exact) mass is 371 g/mol. The van der Waals surface area contributed by atoms with E-state index in [9.17, 15) is 9.18 Å². The summed E-state index contributed by atoms with van der Waals surface area (Å²) in [5.74, 6) is 0.181. The van der Waals surface area contributed by atoms with Gasteiger partial charge in [-0.15, -0.1) is 0 Å². The fraction of sp³-hybridized carbons (Fsp3) is 0.300. The first-order valence-electron chi connectivity index (χ1n) is 8.91. The highest BCUT2D eigenvalue weighted by Crippen LogP contribution is 2.24. The van der Waals surface area contributed by atoms with Crippen LogP contribution in [-0.4, -0.2) is 35.6 Å². The van der Waals surface area contributed by atoms with Crippen LogP contribution in [0.1, 0.15) is 36.1 Å². The molecule has 7 heteroatoms. The van der Waals surface area contributed by atoms with E-state index in [0.717, 1.165) is 18.8 Å². The molecule has 1 unspecified atom stereocenters. The van der Waals surface area contributed by atoms with Gasteiger partial charge in [-0.1, -0.05) is 31.1 Å². The van der Waals surface area contributed by atoms with Crippen molar-refractivity contribution in [3.8, 4) is 11.3 Å². The maximum Gasteiger partial charge on any atom is 0.273 e. The molecule has 0 aliphatic rings. The molecule has 27 heavy (non-hydrogen) atoms. The van der Waals surface area contributed by atoms with E-state index in [4.69, 9.17) is 8.94 Å². The third kappa shape index (κ3) is 4.25. The SMILES string of the molecule is CCN(CC)C(CNC(=O)c1cc(-c2ccccc2F)on1)c1ccco1. The predicted molar refractivity (Wildman–Crippen MR) is 98.6 cm³/mol. The average Bonchev–Trinajstić information content (AvgIpc) is 3.37. The quantitative estimate of drug-likeness (QED) is 0.650. The Balaban J connectivity index is 1.71. The Morgan fingerprint density at radius 2 is 2.00 bits per heavy atom. The summed E-state index contributed by atoms with van der Waals surface area (Å²) in [7, 11) is 0.